The van der Waals surface area contributed by atoms with Crippen molar-refractivity contribution in [3.8, 4) is 0 Å². The van der Waals surface area contributed by atoms with E-state index in [1.54, 1.807) is 0 Å². The van der Waals surface area contributed by atoms with E-state index in [0.29, 0.717) is 5.69 Å². The number of nitrogen functional groups attached to an aromatic ring is 1. The van der Waals surface area contributed by atoms with Crippen LogP contribution in [0, 0.1) is 0 Å². The van der Waals surface area contributed by atoms with Crippen LogP contribution in [0.2, 0.25) is 10.0 Å². The molecule has 2 aromatic carbocycles. The topological polar surface area (TPSA) is 122 Å². The Morgan fingerprint density at radius 1 is 1.11 bits per heavy atom. The molecular formula is C17H18Cl2N4O4S. The van der Waals surface area contributed by atoms with Crippen LogP contribution in [0.5, 0.6) is 0 Å². The summed E-state index contributed by atoms with van der Waals surface area (Å²) in [6.07, 6.45) is 0. The predicted molar refractivity (Wildman–Crippen MR) is 109 cm³/mol. The minimum Gasteiger partial charge on any atom is -0.396 e. The maximum Gasteiger partial charge on any atom is 0.251 e. The van der Waals surface area contributed by atoms with Gasteiger partial charge in [-0.2, -0.15) is 0 Å². The Hall–Kier alpha value is -2.33. The van der Waals surface area contributed by atoms with Crippen LogP contribution in [-0.4, -0.2) is 45.2 Å². The first-order chi connectivity index (χ1) is 13.0. The van der Waals surface area contributed by atoms with Crippen molar-refractivity contribution in [3.05, 3.63) is 52.0 Å². The van der Waals surface area contributed by atoms with Crippen molar-refractivity contribution in [2.24, 2.45) is 0 Å². The maximum atomic E-state index is 12.2. The SMILES string of the molecule is CN(C)S(=O)(=O)c1cccc(C(=O)NCC(=O)Nc2cc(Cl)c(N)c(Cl)c2)c1. The van der Waals surface area contributed by atoms with Gasteiger partial charge >= 0.3 is 0 Å². The Balaban J connectivity index is 2.03. The third kappa shape index (κ3) is 5.14. The summed E-state index contributed by atoms with van der Waals surface area (Å²) in [7, 11) is -0.896. The summed E-state index contributed by atoms with van der Waals surface area (Å²) in [6.45, 7) is -0.344. The van der Waals surface area contributed by atoms with Gasteiger partial charge in [-0.15, -0.1) is 0 Å². The third-order valence-electron chi connectivity index (χ3n) is 3.65. The summed E-state index contributed by atoms with van der Waals surface area (Å²) in [4.78, 5) is 24.2. The molecule has 0 fully saturated rings. The first kappa shape index (κ1) is 22.0. The highest BCUT2D eigenvalue weighted by Gasteiger charge is 2.19. The van der Waals surface area contributed by atoms with Crippen molar-refractivity contribution in [1.29, 1.82) is 0 Å². The van der Waals surface area contributed by atoms with E-state index < -0.39 is 21.8 Å². The van der Waals surface area contributed by atoms with E-state index >= 15 is 0 Å². The standard InChI is InChI=1S/C17H18Cl2N4O4S/c1-23(2)28(26,27)12-5-3-4-10(6-12)17(25)21-9-15(24)22-11-7-13(18)16(20)14(19)8-11/h3-8H,9,20H2,1-2H3,(H,21,25)(H,22,24). The predicted octanol–water partition coefficient (Wildman–Crippen LogP) is 2.19. The number of anilines is 2. The molecule has 0 aliphatic carbocycles. The van der Waals surface area contributed by atoms with E-state index in [4.69, 9.17) is 28.9 Å². The number of halogens is 2. The summed E-state index contributed by atoms with van der Waals surface area (Å²) < 4.78 is 25.4. The van der Waals surface area contributed by atoms with Crippen molar-refractivity contribution < 1.29 is 18.0 Å². The molecule has 8 nitrogen and oxygen atoms in total. The molecule has 2 rings (SSSR count). The van der Waals surface area contributed by atoms with Gasteiger partial charge in [-0.25, -0.2) is 12.7 Å². The average molecular weight is 445 g/mol. The molecule has 150 valence electrons. The van der Waals surface area contributed by atoms with Gasteiger partial charge in [-0.3, -0.25) is 9.59 Å². The van der Waals surface area contributed by atoms with Gasteiger partial charge in [0.2, 0.25) is 15.9 Å². The molecule has 11 heteroatoms. The fraction of sp³-hybridized carbons (Fsp3) is 0.176. The molecule has 0 aromatic heterocycles. The Labute approximate surface area is 172 Å². The van der Waals surface area contributed by atoms with Crippen molar-refractivity contribution >= 4 is 56.4 Å². The lowest BCUT2D eigenvalue weighted by Gasteiger charge is -2.12. The number of nitrogens with zero attached hydrogens (tertiary/aromatic N) is 1. The smallest absolute Gasteiger partial charge is 0.251 e. The van der Waals surface area contributed by atoms with Crippen molar-refractivity contribution in [2.75, 3.05) is 31.7 Å². The molecule has 0 unspecified atom stereocenters. The van der Waals surface area contributed by atoms with E-state index in [1.807, 2.05) is 0 Å². The number of nitrogens with two attached hydrogens (primary N) is 1. The van der Waals surface area contributed by atoms with Gasteiger partial charge in [0, 0.05) is 25.3 Å². The van der Waals surface area contributed by atoms with E-state index in [2.05, 4.69) is 10.6 Å². The van der Waals surface area contributed by atoms with E-state index in [0.717, 1.165) is 4.31 Å². The molecule has 0 heterocycles. The number of rotatable bonds is 6. The average Bonchev–Trinajstić information content (AvgIpc) is 2.64. The van der Waals surface area contributed by atoms with Crippen LogP contribution < -0.4 is 16.4 Å². The van der Waals surface area contributed by atoms with Crippen LogP contribution >= 0.6 is 23.2 Å². The fourth-order valence-corrected chi connectivity index (χ4v) is 3.57. The largest absolute Gasteiger partial charge is 0.396 e. The highest BCUT2D eigenvalue weighted by molar-refractivity contribution is 7.89. The fourth-order valence-electron chi connectivity index (χ4n) is 2.13. The van der Waals surface area contributed by atoms with Gasteiger partial charge in [0.25, 0.3) is 5.91 Å². The van der Waals surface area contributed by atoms with Crippen LogP contribution in [0.4, 0.5) is 11.4 Å². The summed E-state index contributed by atoms with van der Waals surface area (Å²) in [6, 6.07) is 8.37. The quantitative estimate of drug-likeness (QED) is 0.589. The van der Waals surface area contributed by atoms with Crippen LogP contribution in [-0.2, 0) is 14.8 Å². The van der Waals surface area contributed by atoms with Crippen LogP contribution in [0.3, 0.4) is 0 Å². The molecule has 0 atom stereocenters. The maximum absolute atomic E-state index is 12.2. The number of carbonyl (C=O) groups excluding carboxylic acids is 2. The number of hydrogen-bond acceptors (Lipinski definition) is 5. The third-order valence-corrected chi connectivity index (χ3v) is 6.08. The molecule has 2 aromatic rings. The zero-order valence-electron chi connectivity index (χ0n) is 15.0. The highest BCUT2D eigenvalue weighted by atomic mass is 35.5. The molecule has 28 heavy (non-hydrogen) atoms. The highest BCUT2D eigenvalue weighted by Crippen LogP contribution is 2.31. The summed E-state index contributed by atoms with van der Waals surface area (Å²) in [5.74, 6) is -1.12. The van der Waals surface area contributed by atoms with Gasteiger partial charge in [0.1, 0.15) is 0 Å². The molecule has 0 spiro atoms. The van der Waals surface area contributed by atoms with E-state index in [1.165, 1.54) is 50.5 Å². The van der Waals surface area contributed by atoms with E-state index in [9.17, 15) is 18.0 Å². The number of hydrogen-bond donors (Lipinski definition) is 3. The van der Waals surface area contributed by atoms with Crippen molar-refractivity contribution in [2.45, 2.75) is 4.90 Å². The van der Waals surface area contributed by atoms with Crippen molar-refractivity contribution in [3.63, 3.8) is 0 Å². The molecule has 0 radical (unpaired) electrons. The molecule has 0 bridgehead atoms. The van der Waals surface area contributed by atoms with E-state index in [-0.39, 0.29) is 32.7 Å². The first-order valence-corrected chi connectivity index (χ1v) is 10.1. The minimum atomic E-state index is -3.68. The van der Waals surface area contributed by atoms with Crippen LogP contribution in [0.25, 0.3) is 0 Å². The molecule has 4 N–H and O–H groups in total. The summed E-state index contributed by atoms with van der Waals surface area (Å²) >= 11 is 11.8. The summed E-state index contributed by atoms with van der Waals surface area (Å²) in [5.41, 5.74) is 6.25. The molecule has 0 saturated heterocycles. The molecule has 0 aliphatic rings. The zero-order chi connectivity index (χ0) is 21.1. The Kier molecular flexibility index (Phi) is 6.89. The normalized spacial score (nSPS) is 11.3. The molecule has 0 saturated carbocycles. The first-order valence-electron chi connectivity index (χ1n) is 7.87. The van der Waals surface area contributed by atoms with Gasteiger partial charge in [0.15, 0.2) is 0 Å². The van der Waals surface area contributed by atoms with Crippen molar-refractivity contribution in [1.82, 2.24) is 9.62 Å². The number of benzene rings is 2. The van der Waals surface area contributed by atoms with Crippen LogP contribution in [0.1, 0.15) is 10.4 Å². The van der Waals surface area contributed by atoms with Gasteiger partial charge < -0.3 is 16.4 Å². The molecular weight excluding hydrogens is 427 g/mol. The minimum absolute atomic E-state index is 0.0271. The van der Waals surface area contributed by atoms with Gasteiger partial charge in [-0.05, 0) is 30.3 Å². The molecule has 2 amide bonds. The lowest BCUT2D eigenvalue weighted by Crippen LogP contribution is -2.33. The lowest BCUT2D eigenvalue weighted by molar-refractivity contribution is -0.115. The number of sulfonamides is 1. The second-order valence-corrected chi connectivity index (χ2v) is 8.87. The van der Waals surface area contributed by atoms with Gasteiger partial charge in [-0.1, -0.05) is 29.3 Å². The number of nitrogens with one attached hydrogen (secondary N) is 2. The summed E-state index contributed by atoms with van der Waals surface area (Å²) in [5, 5.41) is 5.32. The van der Waals surface area contributed by atoms with Gasteiger partial charge in [0.05, 0.1) is 27.2 Å². The lowest BCUT2D eigenvalue weighted by atomic mass is 10.2. The monoisotopic (exact) mass is 444 g/mol. The number of amides is 2. The molecule has 0 aliphatic heterocycles. The van der Waals surface area contributed by atoms with Crippen LogP contribution in [0.15, 0.2) is 41.3 Å². The second kappa shape index (κ2) is 8.78. The Bertz CT molecular complexity index is 1000. The zero-order valence-corrected chi connectivity index (χ0v) is 17.3. The number of carbonyl (C=O) groups is 2. The Morgan fingerprint density at radius 3 is 2.29 bits per heavy atom. The second-order valence-electron chi connectivity index (χ2n) is 5.90. The Morgan fingerprint density at radius 2 is 1.71 bits per heavy atom.